The van der Waals surface area contributed by atoms with Crippen LogP contribution in [-0.2, 0) is 0 Å². The summed E-state index contributed by atoms with van der Waals surface area (Å²) in [6.07, 6.45) is -0.733. The normalized spacial score (nSPS) is 13.4. The van der Waals surface area contributed by atoms with Crippen LogP contribution in [0.4, 0.5) is 13.2 Å². The number of rotatable bonds is 5. The molecule has 0 aliphatic carbocycles. The van der Waals surface area contributed by atoms with E-state index in [1.54, 1.807) is 25.1 Å². The fourth-order valence-corrected chi connectivity index (χ4v) is 2.03. The van der Waals surface area contributed by atoms with E-state index in [0.717, 1.165) is 4.47 Å². The van der Waals surface area contributed by atoms with Gasteiger partial charge in [-0.3, -0.25) is 0 Å². The third-order valence-corrected chi connectivity index (χ3v) is 3.22. The smallest absolute Gasteiger partial charge is 0.441 e. The first-order valence-electron chi connectivity index (χ1n) is 5.10. The van der Waals surface area contributed by atoms with Crippen molar-refractivity contribution in [2.24, 2.45) is 0 Å². The number of halogens is 4. The average molecular weight is 345 g/mol. The Bertz CT molecular complexity index is 396. The van der Waals surface area contributed by atoms with Gasteiger partial charge >= 0.3 is 5.51 Å². The summed E-state index contributed by atoms with van der Waals surface area (Å²) < 4.78 is 41.7. The standard InChI is InChI=1S/C11H12BrF3O2S/c1-7(16)9-3-2-8(12)6-10(9)17-4-5-18-11(13,14)15/h2-3,6-7,16H,4-5H2,1H3/t7-/m0/s1. The van der Waals surface area contributed by atoms with Crippen molar-refractivity contribution in [1.82, 2.24) is 0 Å². The van der Waals surface area contributed by atoms with Gasteiger partial charge in [-0.05, 0) is 30.8 Å². The highest BCUT2D eigenvalue weighted by atomic mass is 79.9. The fourth-order valence-electron chi connectivity index (χ4n) is 1.29. The number of ether oxygens (including phenoxy) is 1. The molecule has 1 rings (SSSR count). The molecule has 0 unspecified atom stereocenters. The molecular formula is C11H12BrF3O2S. The Balaban J connectivity index is 2.58. The zero-order chi connectivity index (χ0) is 13.8. The molecule has 0 saturated carbocycles. The van der Waals surface area contributed by atoms with Crippen LogP contribution < -0.4 is 4.74 Å². The number of alkyl halides is 3. The average Bonchev–Trinajstić information content (AvgIpc) is 2.22. The van der Waals surface area contributed by atoms with Gasteiger partial charge in [-0.25, -0.2) is 0 Å². The van der Waals surface area contributed by atoms with Gasteiger partial charge in [0.2, 0.25) is 0 Å². The molecule has 1 aromatic carbocycles. The highest BCUT2D eigenvalue weighted by molar-refractivity contribution is 9.10. The number of hydrogen-bond acceptors (Lipinski definition) is 3. The van der Waals surface area contributed by atoms with E-state index in [1.807, 2.05) is 0 Å². The molecule has 0 aliphatic heterocycles. The number of aliphatic hydroxyl groups is 1. The second kappa shape index (κ2) is 6.68. The van der Waals surface area contributed by atoms with E-state index < -0.39 is 11.6 Å². The van der Waals surface area contributed by atoms with Crippen LogP contribution in [0.25, 0.3) is 0 Å². The van der Waals surface area contributed by atoms with Crippen molar-refractivity contribution in [3.8, 4) is 5.75 Å². The summed E-state index contributed by atoms with van der Waals surface area (Å²) in [5, 5.41) is 9.50. The van der Waals surface area contributed by atoms with Crippen molar-refractivity contribution < 1.29 is 23.0 Å². The van der Waals surface area contributed by atoms with Gasteiger partial charge in [0.25, 0.3) is 0 Å². The molecule has 0 spiro atoms. The molecule has 1 aromatic rings. The van der Waals surface area contributed by atoms with E-state index in [9.17, 15) is 18.3 Å². The van der Waals surface area contributed by atoms with E-state index >= 15 is 0 Å². The minimum Gasteiger partial charge on any atom is -0.492 e. The lowest BCUT2D eigenvalue weighted by Crippen LogP contribution is -2.08. The largest absolute Gasteiger partial charge is 0.492 e. The predicted molar refractivity (Wildman–Crippen MR) is 68.8 cm³/mol. The van der Waals surface area contributed by atoms with Crippen LogP contribution in [0.2, 0.25) is 0 Å². The van der Waals surface area contributed by atoms with Gasteiger partial charge in [-0.1, -0.05) is 22.0 Å². The summed E-state index contributed by atoms with van der Waals surface area (Å²) in [4.78, 5) is 0. The van der Waals surface area contributed by atoms with E-state index in [-0.39, 0.29) is 24.1 Å². The molecule has 0 heterocycles. The van der Waals surface area contributed by atoms with Crippen molar-refractivity contribution in [2.45, 2.75) is 18.5 Å². The zero-order valence-electron chi connectivity index (χ0n) is 9.50. The van der Waals surface area contributed by atoms with E-state index in [0.29, 0.717) is 11.3 Å². The summed E-state index contributed by atoms with van der Waals surface area (Å²) in [6, 6.07) is 5.03. The first-order chi connectivity index (χ1) is 8.29. The highest BCUT2D eigenvalue weighted by Crippen LogP contribution is 2.31. The Kier molecular flexibility index (Phi) is 5.81. The first kappa shape index (κ1) is 15.7. The van der Waals surface area contributed by atoms with Gasteiger partial charge < -0.3 is 9.84 Å². The van der Waals surface area contributed by atoms with Crippen LogP contribution in [0.15, 0.2) is 22.7 Å². The molecule has 18 heavy (non-hydrogen) atoms. The lowest BCUT2D eigenvalue weighted by atomic mass is 10.1. The Morgan fingerprint density at radius 2 is 2.11 bits per heavy atom. The van der Waals surface area contributed by atoms with Gasteiger partial charge in [0.05, 0.1) is 12.7 Å². The fraction of sp³-hybridized carbons (Fsp3) is 0.455. The second-order valence-electron chi connectivity index (χ2n) is 3.50. The summed E-state index contributed by atoms with van der Waals surface area (Å²) in [5.41, 5.74) is -3.69. The molecule has 0 radical (unpaired) electrons. The van der Waals surface area contributed by atoms with Gasteiger partial charge in [-0.2, -0.15) is 13.2 Å². The third kappa shape index (κ3) is 5.49. The van der Waals surface area contributed by atoms with Crippen LogP contribution in [0.1, 0.15) is 18.6 Å². The lowest BCUT2D eigenvalue weighted by Gasteiger charge is -2.14. The minimum atomic E-state index is -4.24. The Morgan fingerprint density at radius 1 is 1.44 bits per heavy atom. The van der Waals surface area contributed by atoms with Crippen molar-refractivity contribution in [1.29, 1.82) is 0 Å². The summed E-state index contributed by atoms with van der Waals surface area (Å²) in [6.45, 7) is 1.50. The van der Waals surface area contributed by atoms with Crippen molar-refractivity contribution in [2.75, 3.05) is 12.4 Å². The predicted octanol–water partition coefficient (Wildman–Crippen LogP) is 4.13. The van der Waals surface area contributed by atoms with Crippen LogP contribution in [0.3, 0.4) is 0 Å². The number of thioether (sulfide) groups is 1. The maximum atomic E-state index is 11.9. The SMILES string of the molecule is C[C@H](O)c1ccc(Br)cc1OCCSC(F)(F)F. The topological polar surface area (TPSA) is 29.5 Å². The van der Waals surface area contributed by atoms with Crippen LogP contribution in [-0.4, -0.2) is 23.0 Å². The quantitative estimate of drug-likeness (QED) is 0.814. The Hall–Kier alpha value is -0.400. The third-order valence-electron chi connectivity index (χ3n) is 2.03. The van der Waals surface area contributed by atoms with Crippen LogP contribution in [0, 0.1) is 0 Å². The van der Waals surface area contributed by atoms with Crippen molar-refractivity contribution in [3.63, 3.8) is 0 Å². The summed E-state index contributed by atoms with van der Waals surface area (Å²) in [5.74, 6) is 0.206. The molecule has 0 fully saturated rings. The number of aliphatic hydroxyl groups excluding tert-OH is 1. The van der Waals surface area contributed by atoms with Crippen LogP contribution >= 0.6 is 27.7 Å². The highest BCUT2D eigenvalue weighted by Gasteiger charge is 2.27. The molecule has 2 nitrogen and oxygen atoms in total. The molecule has 1 N–H and O–H groups in total. The van der Waals surface area contributed by atoms with Gasteiger partial charge in [0.15, 0.2) is 0 Å². The maximum absolute atomic E-state index is 11.9. The van der Waals surface area contributed by atoms with Gasteiger partial charge in [0.1, 0.15) is 5.75 Å². The molecule has 0 saturated heterocycles. The molecular weight excluding hydrogens is 333 g/mol. The maximum Gasteiger partial charge on any atom is 0.441 e. The Labute approximate surface area is 116 Å². The van der Waals surface area contributed by atoms with E-state index in [1.165, 1.54) is 0 Å². The first-order valence-corrected chi connectivity index (χ1v) is 6.88. The van der Waals surface area contributed by atoms with Gasteiger partial charge in [-0.15, -0.1) is 0 Å². The number of benzene rings is 1. The van der Waals surface area contributed by atoms with E-state index in [2.05, 4.69) is 15.9 Å². The van der Waals surface area contributed by atoms with E-state index in [4.69, 9.17) is 4.74 Å². The Morgan fingerprint density at radius 3 is 2.67 bits per heavy atom. The number of hydrogen-bond donors (Lipinski definition) is 1. The molecule has 0 amide bonds. The second-order valence-corrected chi connectivity index (χ2v) is 5.58. The van der Waals surface area contributed by atoms with Crippen molar-refractivity contribution in [3.05, 3.63) is 28.2 Å². The molecule has 102 valence electrons. The summed E-state index contributed by atoms with van der Waals surface area (Å²) in [7, 11) is 0. The van der Waals surface area contributed by atoms with Crippen LogP contribution in [0.5, 0.6) is 5.75 Å². The molecule has 7 heteroatoms. The molecule has 0 aliphatic rings. The minimum absolute atomic E-state index is 0.0691. The summed E-state index contributed by atoms with van der Waals surface area (Å²) >= 11 is 3.11. The molecule has 0 aromatic heterocycles. The van der Waals surface area contributed by atoms with Crippen molar-refractivity contribution >= 4 is 27.7 Å². The monoisotopic (exact) mass is 344 g/mol. The van der Waals surface area contributed by atoms with Gasteiger partial charge in [0, 0.05) is 15.8 Å². The lowest BCUT2D eigenvalue weighted by molar-refractivity contribution is -0.0329. The molecule has 0 bridgehead atoms. The zero-order valence-corrected chi connectivity index (χ0v) is 11.9. The molecule has 1 atom stereocenters.